The topological polar surface area (TPSA) is 85.0 Å². The number of aromatic nitrogens is 1. The molecule has 0 atom stereocenters. The van der Waals surface area contributed by atoms with E-state index in [1.165, 1.54) is 0 Å². The predicted octanol–water partition coefficient (Wildman–Crippen LogP) is 5.81. The van der Waals surface area contributed by atoms with Gasteiger partial charge in [0.25, 0.3) is 0 Å². The fraction of sp³-hybridized carbons (Fsp3) is 0.357. The van der Waals surface area contributed by atoms with Crippen LogP contribution < -0.4 is 24.8 Å². The number of pyridine rings is 1. The summed E-state index contributed by atoms with van der Waals surface area (Å²) in [6.45, 7) is 1.95. The number of para-hydroxylation sites is 2. The van der Waals surface area contributed by atoms with E-state index in [2.05, 4.69) is 15.6 Å². The number of unbranched alkanes of at least 4 members (excludes halogenated alkanes) is 3. The number of methoxy groups -OCH3 is 3. The standard InChI is InChI=1S/C28H36N4O4/c1-34-24-13-7-6-12-23(24)31-28(33)32(21-22-15-16-25(35-2)26(20-22)36-3)19-11-5-4-9-17-29-27-14-8-10-18-30-27/h6-8,10,12-16,18,20H,4-5,9,11,17,19,21H2,1-3H3,(H,29,30)(H,31,33). The van der Waals surface area contributed by atoms with Gasteiger partial charge in [-0.15, -0.1) is 0 Å². The molecule has 0 aliphatic carbocycles. The van der Waals surface area contributed by atoms with Crippen LogP contribution in [0.1, 0.15) is 31.2 Å². The summed E-state index contributed by atoms with van der Waals surface area (Å²) in [5, 5.41) is 6.34. The highest BCUT2D eigenvalue weighted by atomic mass is 16.5. The zero-order valence-corrected chi connectivity index (χ0v) is 21.3. The first kappa shape index (κ1) is 26.7. The summed E-state index contributed by atoms with van der Waals surface area (Å²) in [5.74, 6) is 2.81. The Morgan fingerprint density at radius 3 is 2.33 bits per heavy atom. The maximum absolute atomic E-state index is 13.3. The lowest BCUT2D eigenvalue weighted by molar-refractivity contribution is 0.207. The second-order valence-corrected chi connectivity index (χ2v) is 8.30. The maximum Gasteiger partial charge on any atom is 0.322 e. The van der Waals surface area contributed by atoms with Crippen LogP contribution >= 0.6 is 0 Å². The van der Waals surface area contributed by atoms with Crippen LogP contribution in [-0.2, 0) is 6.54 Å². The Morgan fingerprint density at radius 2 is 1.58 bits per heavy atom. The molecule has 0 bridgehead atoms. The molecule has 0 fully saturated rings. The quantitative estimate of drug-likeness (QED) is 0.276. The number of nitrogens with one attached hydrogen (secondary N) is 2. The summed E-state index contributed by atoms with van der Waals surface area (Å²) in [7, 11) is 4.81. The van der Waals surface area contributed by atoms with E-state index in [4.69, 9.17) is 14.2 Å². The number of rotatable bonds is 14. The summed E-state index contributed by atoms with van der Waals surface area (Å²) in [6, 6.07) is 18.8. The summed E-state index contributed by atoms with van der Waals surface area (Å²) in [4.78, 5) is 19.4. The number of benzene rings is 2. The van der Waals surface area contributed by atoms with E-state index < -0.39 is 0 Å². The maximum atomic E-state index is 13.3. The van der Waals surface area contributed by atoms with Crippen molar-refractivity contribution in [1.29, 1.82) is 0 Å². The van der Waals surface area contributed by atoms with Crippen molar-refractivity contribution in [1.82, 2.24) is 9.88 Å². The molecule has 3 aromatic rings. The normalized spacial score (nSPS) is 10.4. The summed E-state index contributed by atoms with van der Waals surface area (Å²) in [5.41, 5.74) is 1.60. The summed E-state index contributed by atoms with van der Waals surface area (Å²) >= 11 is 0. The minimum Gasteiger partial charge on any atom is -0.495 e. The van der Waals surface area contributed by atoms with Gasteiger partial charge in [0.05, 0.1) is 27.0 Å². The van der Waals surface area contributed by atoms with Gasteiger partial charge in [-0.2, -0.15) is 0 Å². The van der Waals surface area contributed by atoms with Crippen molar-refractivity contribution in [3.05, 3.63) is 72.4 Å². The molecule has 0 aliphatic rings. The minimum absolute atomic E-state index is 0.175. The third kappa shape index (κ3) is 8.08. The van der Waals surface area contributed by atoms with Crippen LogP contribution in [0, 0.1) is 0 Å². The average molecular weight is 493 g/mol. The van der Waals surface area contributed by atoms with E-state index in [0.29, 0.717) is 36.0 Å². The lowest BCUT2D eigenvalue weighted by Crippen LogP contribution is -2.35. The van der Waals surface area contributed by atoms with Crippen LogP contribution in [0.25, 0.3) is 0 Å². The molecular formula is C28H36N4O4. The summed E-state index contributed by atoms with van der Waals surface area (Å²) in [6.07, 6.45) is 5.81. The van der Waals surface area contributed by atoms with Crippen LogP contribution in [-0.4, -0.2) is 50.3 Å². The van der Waals surface area contributed by atoms with Crippen LogP contribution in [0.2, 0.25) is 0 Å². The predicted molar refractivity (Wildman–Crippen MR) is 143 cm³/mol. The third-order valence-corrected chi connectivity index (χ3v) is 5.78. The fourth-order valence-electron chi connectivity index (χ4n) is 3.86. The van der Waals surface area contributed by atoms with Crippen molar-refractivity contribution in [3.63, 3.8) is 0 Å². The van der Waals surface area contributed by atoms with Crippen molar-refractivity contribution in [2.24, 2.45) is 0 Å². The van der Waals surface area contributed by atoms with E-state index >= 15 is 0 Å². The first-order valence-corrected chi connectivity index (χ1v) is 12.2. The number of urea groups is 1. The number of hydrogen-bond donors (Lipinski definition) is 2. The highest BCUT2D eigenvalue weighted by Crippen LogP contribution is 2.28. The fourth-order valence-corrected chi connectivity index (χ4v) is 3.86. The molecule has 2 amide bonds. The van der Waals surface area contributed by atoms with Crippen LogP contribution in [0.15, 0.2) is 66.9 Å². The molecule has 36 heavy (non-hydrogen) atoms. The van der Waals surface area contributed by atoms with Gasteiger partial charge >= 0.3 is 6.03 Å². The molecule has 2 N–H and O–H groups in total. The zero-order chi connectivity index (χ0) is 25.6. The Hall–Kier alpha value is -3.94. The van der Waals surface area contributed by atoms with Gasteiger partial charge < -0.3 is 29.7 Å². The molecule has 0 aliphatic heterocycles. The lowest BCUT2D eigenvalue weighted by Gasteiger charge is -2.24. The van der Waals surface area contributed by atoms with Crippen molar-refractivity contribution >= 4 is 17.5 Å². The Kier molecular flexibility index (Phi) is 10.7. The first-order chi connectivity index (χ1) is 17.6. The molecule has 0 saturated heterocycles. The lowest BCUT2D eigenvalue weighted by atomic mass is 10.1. The van der Waals surface area contributed by atoms with Crippen molar-refractivity contribution < 1.29 is 19.0 Å². The van der Waals surface area contributed by atoms with E-state index in [0.717, 1.165) is 43.6 Å². The molecule has 0 radical (unpaired) electrons. The molecule has 192 valence electrons. The average Bonchev–Trinajstić information content (AvgIpc) is 2.92. The zero-order valence-electron chi connectivity index (χ0n) is 21.3. The molecule has 0 unspecified atom stereocenters. The second-order valence-electron chi connectivity index (χ2n) is 8.30. The van der Waals surface area contributed by atoms with Crippen molar-refractivity contribution in [2.45, 2.75) is 32.2 Å². The van der Waals surface area contributed by atoms with E-state index in [1.54, 1.807) is 27.5 Å². The summed E-state index contributed by atoms with van der Waals surface area (Å²) < 4.78 is 16.2. The smallest absolute Gasteiger partial charge is 0.322 e. The van der Waals surface area contributed by atoms with Crippen molar-refractivity contribution in [2.75, 3.05) is 45.1 Å². The van der Waals surface area contributed by atoms with E-state index in [1.807, 2.05) is 65.6 Å². The van der Waals surface area contributed by atoms with Gasteiger partial charge in [0.1, 0.15) is 11.6 Å². The molecule has 0 spiro atoms. The molecule has 1 heterocycles. The van der Waals surface area contributed by atoms with Crippen LogP contribution in [0.4, 0.5) is 16.3 Å². The van der Waals surface area contributed by atoms with E-state index in [-0.39, 0.29) is 6.03 Å². The minimum atomic E-state index is -0.175. The number of carbonyl (C=O) groups excluding carboxylic acids is 1. The molecule has 8 heteroatoms. The van der Waals surface area contributed by atoms with Gasteiger partial charge in [-0.05, 0) is 54.8 Å². The number of ether oxygens (including phenoxy) is 3. The molecule has 2 aromatic carbocycles. The molecule has 8 nitrogen and oxygen atoms in total. The molecular weight excluding hydrogens is 456 g/mol. The number of anilines is 2. The van der Waals surface area contributed by atoms with Gasteiger partial charge in [-0.25, -0.2) is 9.78 Å². The Labute approximate surface area is 213 Å². The SMILES string of the molecule is COc1ccccc1NC(=O)N(CCCCCCNc1ccccn1)Cc1ccc(OC)c(OC)c1. The second kappa shape index (κ2) is 14.5. The van der Waals surface area contributed by atoms with Gasteiger partial charge in [-0.3, -0.25) is 0 Å². The monoisotopic (exact) mass is 492 g/mol. The van der Waals surface area contributed by atoms with Gasteiger partial charge in [-0.1, -0.05) is 37.1 Å². The molecule has 3 rings (SSSR count). The number of carbonyl (C=O) groups is 1. The van der Waals surface area contributed by atoms with Gasteiger partial charge in [0.2, 0.25) is 0 Å². The Morgan fingerprint density at radius 1 is 0.833 bits per heavy atom. The van der Waals surface area contributed by atoms with Gasteiger partial charge in [0, 0.05) is 25.8 Å². The number of amides is 2. The largest absolute Gasteiger partial charge is 0.495 e. The Balaban J connectivity index is 1.58. The van der Waals surface area contributed by atoms with Crippen LogP contribution in [0.3, 0.4) is 0 Å². The van der Waals surface area contributed by atoms with Crippen molar-refractivity contribution in [3.8, 4) is 17.2 Å². The molecule has 0 saturated carbocycles. The van der Waals surface area contributed by atoms with E-state index in [9.17, 15) is 4.79 Å². The number of nitrogens with zero attached hydrogens (tertiary/aromatic N) is 2. The highest BCUT2D eigenvalue weighted by Gasteiger charge is 2.17. The van der Waals surface area contributed by atoms with Crippen LogP contribution in [0.5, 0.6) is 17.2 Å². The van der Waals surface area contributed by atoms with Gasteiger partial charge in [0.15, 0.2) is 11.5 Å². The number of hydrogen-bond acceptors (Lipinski definition) is 6. The third-order valence-electron chi connectivity index (χ3n) is 5.78. The Bertz CT molecular complexity index is 1080. The first-order valence-electron chi connectivity index (χ1n) is 12.2. The highest BCUT2D eigenvalue weighted by molar-refractivity contribution is 5.91. The molecule has 1 aromatic heterocycles.